The van der Waals surface area contributed by atoms with Crippen LogP contribution in [0.2, 0.25) is 0 Å². The standard InChI is InChI=1S/C38H22O3/c39-37(27-11-9-25-15-17-31-29-7-3-1-5-23(29)13-19-33(31)35(25)21-27)41-38(40)28-12-10-26-16-18-32-30-8-4-2-6-24(30)14-20-34(32)36(26)22-28/h1-22H. The van der Waals surface area contributed by atoms with Crippen molar-refractivity contribution in [2.75, 3.05) is 0 Å². The van der Waals surface area contributed by atoms with E-state index in [4.69, 9.17) is 4.74 Å². The van der Waals surface area contributed by atoms with E-state index in [2.05, 4.69) is 72.8 Å². The van der Waals surface area contributed by atoms with Crippen LogP contribution in [0.1, 0.15) is 20.7 Å². The van der Waals surface area contributed by atoms with Gasteiger partial charge in [0.15, 0.2) is 0 Å². The predicted molar refractivity (Wildman–Crippen MR) is 168 cm³/mol. The van der Waals surface area contributed by atoms with E-state index in [9.17, 15) is 9.59 Å². The molecule has 41 heavy (non-hydrogen) atoms. The number of carbonyl (C=O) groups excluding carboxylic acids is 2. The quantitative estimate of drug-likeness (QED) is 0.128. The second-order valence-electron chi connectivity index (χ2n) is 10.4. The largest absolute Gasteiger partial charge is 0.386 e. The van der Waals surface area contributed by atoms with E-state index in [1.165, 1.54) is 0 Å². The summed E-state index contributed by atoms with van der Waals surface area (Å²) in [5.74, 6) is -1.34. The second kappa shape index (κ2) is 9.00. The molecule has 192 valence electrons. The number of hydrogen-bond donors (Lipinski definition) is 0. The monoisotopic (exact) mass is 526 g/mol. The van der Waals surface area contributed by atoms with Crippen molar-refractivity contribution in [1.82, 2.24) is 0 Å². The summed E-state index contributed by atoms with van der Waals surface area (Å²) >= 11 is 0. The average molecular weight is 527 g/mol. The fraction of sp³-hybridized carbons (Fsp3) is 0. The zero-order valence-corrected chi connectivity index (χ0v) is 21.9. The van der Waals surface area contributed by atoms with E-state index in [1.807, 2.05) is 48.5 Å². The maximum absolute atomic E-state index is 13.2. The Labute approximate surface area is 235 Å². The molecule has 0 bridgehead atoms. The molecule has 8 aromatic rings. The van der Waals surface area contributed by atoms with Gasteiger partial charge >= 0.3 is 11.9 Å². The molecule has 0 heterocycles. The highest BCUT2D eigenvalue weighted by molar-refractivity contribution is 6.20. The van der Waals surface area contributed by atoms with Crippen molar-refractivity contribution >= 4 is 76.6 Å². The molecular formula is C38H22O3. The van der Waals surface area contributed by atoms with Gasteiger partial charge in [-0.15, -0.1) is 0 Å². The maximum Gasteiger partial charge on any atom is 0.346 e. The Balaban J connectivity index is 1.16. The number of hydrogen-bond acceptors (Lipinski definition) is 3. The van der Waals surface area contributed by atoms with Crippen LogP contribution in [0.25, 0.3) is 64.6 Å². The first-order chi connectivity index (χ1) is 20.1. The van der Waals surface area contributed by atoms with Gasteiger partial charge in [0.05, 0.1) is 11.1 Å². The van der Waals surface area contributed by atoms with Crippen LogP contribution < -0.4 is 0 Å². The van der Waals surface area contributed by atoms with Crippen molar-refractivity contribution in [1.29, 1.82) is 0 Å². The third-order valence-corrected chi connectivity index (χ3v) is 8.14. The van der Waals surface area contributed by atoms with Crippen molar-refractivity contribution in [3.05, 3.63) is 145 Å². The number of rotatable bonds is 2. The molecule has 8 aromatic carbocycles. The Morgan fingerprint density at radius 1 is 0.341 bits per heavy atom. The first kappa shape index (κ1) is 23.4. The summed E-state index contributed by atoms with van der Waals surface area (Å²) in [6, 6.07) is 44.1. The molecule has 0 radical (unpaired) electrons. The van der Waals surface area contributed by atoms with E-state index < -0.39 is 11.9 Å². The second-order valence-corrected chi connectivity index (χ2v) is 10.4. The van der Waals surface area contributed by atoms with Crippen LogP contribution in [0.4, 0.5) is 0 Å². The molecule has 0 amide bonds. The van der Waals surface area contributed by atoms with Gasteiger partial charge in [-0.1, -0.05) is 109 Å². The van der Waals surface area contributed by atoms with E-state index in [1.54, 1.807) is 12.1 Å². The van der Waals surface area contributed by atoms with Gasteiger partial charge in [-0.3, -0.25) is 0 Å². The summed E-state index contributed by atoms with van der Waals surface area (Å²) < 4.78 is 5.41. The first-order valence-corrected chi connectivity index (χ1v) is 13.6. The van der Waals surface area contributed by atoms with Gasteiger partial charge in [-0.25, -0.2) is 9.59 Å². The number of benzene rings is 8. The summed E-state index contributed by atoms with van der Waals surface area (Å²) in [6.07, 6.45) is 0. The zero-order chi connectivity index (χ0) is 27.5. The minimum atomic E-state index is -0.668. The fourth-order valence-corrected chi connectivity index (χ4v) is 6.09. The Bertz CT molecular complexity index is 2210. The van der Waals surface area contributed by atoms with Crippen molar-refractivity contribution in [2.45, 2.75) is 0 Å². The van der Waals surface area contributed by atoms with Gasteiger partial charge in [-0.2, -0.15) is 0 Å². The lowest BCUT2D eigenvalue weighted by atomic mass is 9.96. The molecule has 0 saturated heterocycles. The summed E-state index contributed by atoms with van der Waals surface area (Å²) in [5.41, 5.74) is 0.674. The van der Waals surface area contributed by atoms with Crippen LogP contribution in [0.5, 0.6) is 0 Å². The highest BCUT2D eigenvalue weighted by Crippen LogP contribution is 2.33. The van der Waals surface area contributed by atoms with Crippen LogP contribution in [-0.4, -0.2) is 11.9 Å². The molecule has 0 saturated carbocycles. The maximum atomic E-state index is 13.2. The van der Waals surface area contributed by atoms with Gasteiger partial charge in [0.2, 0.25) is 0 Å². The molecule has 3 heteroatoms. The third-order valence-electron chi connectivity index (χ3n) is 8.14. The molecule has 3 nitrogen and oxygen atoms in total. The minimum Gasteiger partial charge on any atom is -0.386 e. The molecule has 0 aliphatic rings. The normalized spacial score (nSPS) is 11.6. The molecule has 8 rings (SSSR count). The Morgan fingerprint density at radius 3 is 1.12 bits per heavy atom. The zero-order valence-electron chi connectivity index (χ0n) is 21.9. The molecule has 0 aliphatic heterocycles. The van der Waals surface area contributed by atoms with Gasteiger partial charge in [0.25, 0.3) is 0 Å². The van der Waals surface area contributed by atoms with Crippen molar-refractivity contribution in [2.24, 2.45) is 0 Å². The fourth-order valence-electron chi connectivity index (χ4n) is 6.09. The Morgan fingerprint density at radius 2 is 0.683 bits per heavy atom. The van der Waals surface area contributed by atoms with Crippen LogP contribution in [0.15, 0.2) is 133 Å². The number of ether oxygens (including phenoxy) is 1. The smallest absolute Gasteiger partial charge is 0.346 e. The predicted octanol–water partition coefficient (Wildman–Crippen LogP) is 9.60. The summed E-state index contributed by atoms with van der Waals surface area (Å²) in [4.78, 5) is 26.4. The van der Waals surface area contributed by atoms with Crippen LogP contribution >= 0.6 is 0 Å². The van der Waals surface area contributed by atoms with Crippen molar-refractivity contribution in [3.8, 4) is 0 Å². The van der Waals surface area contributed by atoms with Gasteiger partial charge in [0, 0.05) is 0 Å². The van der Waals surface area contributed by atoms with Gasteiger partial charge in [-0.05, 0) is 88.9 Å². The molecule has 0 atom stereocenters. The lowest BCUT2D eigenvalue weighted by Crippen LogP contribution is -2.12. The number of fused-ring (bicyclic) bond motifs is 10. The lowest BCUT2D eigenvalue weighted by molar-refractivity contribution is 0.0398. The number of esters is 2. The van der Waals surface area contributed by atoms with Gasteiger partial charge in [0.1, 0.15) is 0 Å². The topological polar surface area (TPSA) is 43.4 Å². The number of carbonyl (C=O) groups is 2. The van der Waals surface area contributed by atoms with Crippen LogP contribution in [0.3, 0.4) is 0 Å². The average Bonchev–Trinajstić information content (AvgIpc) is 3.03. The van der Waals surface area contributed by atoms with E-state index in [0.717, 1.165) is 64.6 Å². The SMILES string of the molecule is O=C(OC(=O)c1ccc2ccc3c4ccccc4ccc3c2c1)c1ccc2ccc3c4ccccc4ccc3c2c1. The highest BCUT2D eigenvalue weighted by atomic mass is 16.6. The first-order valence-electron chi connectivity index (χ1n) is 13.6. The summed E-state index contributed by atoms with van der Waals surface area (Å²) in [6.45, 7) is 0. The summed E-state index contributed by atoms with van der Waals surface area (Å²) in [7, 11) is 0. The Hall–Kier alpha value is -5.54. The van der Waals surface area contributed by atoms with Crippen molar-refractivity contribution in [3.63, 3.8) is 0 Å². The third kappa shape index (κ3) is 3.75. The molecule has 0 unspecified atom stereocenters. The molecule has 0 aliphatic carbocycles. The Kier molecular flexibility index (Phi) is 5.13. The van der Waals surface area contributed by atoms with E-state index in [0.29, 0.717) is 11.1 Å². The molecule has 0 spiro atoms. The molecule has 0 N–H and O–H groups in total. The van der Waals surface area contributed by atoms with E-state index >= 15 is 0 Å². The van der Waals surface area contributed by atoms with Crippen molar-refractivity contribution < 1.29 is 14.3 Å². The molecular weight excluding hydrogens is 504 g/mol. The van der Waals surface area contributed by atoms with Crippen LogP contribution in [0, 0.1) is 0 Å². The van der Waals surface area contributed by atoms with Crippen LogP contribution in [-0.2, 0) is 4.74 Å². The van der Waals surface area contributed by atoms with Gasteiger partial charge < -0.3 is 4.74 Å². The summed E-state index contributed by atoms with van der Waals surface area (Å²) in [5, 5.41) is 12.9. The molecule has 0 fully saturated rings. The lowest BCUT2D eigenvalue weighted by Gasteiger charge is -2.10. The highest BCUT2D eigenvalue weighted by Gasteiger charge is 2.17. The minimum absolute atomic E-state index is 0.337. The van der Waals surface area contributed by atoms with E-state index in [-0.39, 0.29) is 0 Å². The molecule has 0 aromatic heterocycles.